The monoisotopic (exact) mass is 381 g/mol. The van der Waals surface area contributed by atoms with Gasteiger partial charge in [0.1, 0.15) is 5.01 Å². The Morgan fingerprint density at radius 1 is 1.15 bits per heavy atom. The predicted molar refractivity (Wildman–Crippen MR) is 106 cm³/mol. The highest BCUT2D eigenvalue weighted by Crippen LogP contribution is 2.27. The molecule has 0 fully saturated rings. The average molecular weight is 381 g/mol. The van der Waals surface area contributed by atoms with E-state index in [1.807, 2.05) is 55.5 Å². The van der Waals surface area contributed by atoms with Gasteiger partial charge >= 0.3 is 0 Å². The summed E-state index contributed by atoms with van der Waals surface area (Å²) in [4.78, 5) is 19.8. The van der Waals surface area contributed by atoms with Gasteiger partial charge in [-0.2, -0.15) is 0 Å². The molecule has 0 aliphatic heterocycles. The lowest BCUT2D eigenvalue weighted by Gasteiger charge is -1.99. The maximum absolute atomic E-state index is 12.2. The molecule has 2 aromatic carbocycles. The highest BCUT2D eigenvalue weighted by molar-refractivity contribution is 7.99. The number of fused-ring (bicyclic) bond motifs is 1. The number of aryl methyl sites for hydroxylation is 1. The second-order valence-electron chi connectivity index (χ2n) is 5.67. The standard InChI is InChI=1S/C18H15N5OS2/c1-11-6-8-12(9-7-11)16-22-23-18(26-16)21-15(24)10-25-17-19-13-4-2-3-5-14(13)20-17/h2-9H,10H2,1H3,(H,19,20)(H,21,23,24). The highest BCUT2D eigenvalue weighted by atomic mass is 32.2. The van der Waals surface area contributed by atoms with Crippen LogP contribution >= 0.6 is 23.1 Å². The summed E-state index contributed by atoms with van der Waals surface area (Å²) in [5, 5.41) is 13.0. The van der Waals surface area contributed by atoms with Crippen molar-refractivity contribution in [1.29, 1.82) is 0 Å². The minimum absolute atomic E-state index is 0.137. The van der Waals surface area contributed by atoms with Crippen molar-refractivity contribution in [2.45, 2.75) is 12.1 Å². The van der Waals surface area contributed by atoms with Crippen molar-refractivity contribution in [3.63, 3.8) is 0 Å². The number of para-hydroxylation sites is 2. The molecule has 2 aromatic heterocycles. The van der Waals surface area contributed by atoms with Crippen LogP contribution in [0.2, 0.25) is 0 Å². The van der Waals surface area contributed by atoms with Crippen LogP contribution in [0.4, 0.5) is 5.13 Å². The predicted octanol–water partition coefficient (Wildman–Crippen LogP) is 4.12. The fourth-order valence-corrected chi connectivity index (χ4v) is 3.82. The normalized spacial score (nSPS) is 11.0. The zero-order chi connectivity index (χ0) is 17.9. The van der Waals surface area contributed by atoms with E-state index in [-0.39, 0.29) is 11.7 Å². The van der Waals surface area contributed by atoms with Crippen LogP contribution in [0.15, 0.2) is 53.7 Å². The molecule has 0 saturated heterocycles. The van der Waals surface area contributed by atoms with Crippen molar-refractivity contribution in [3.8, 4) is 10.6 Å². The molecule has 1 amide bonds. The van der Waals surface area contributed by atoms with Gasteiger partial charge in [-0.05, 0) is 19.1 Å². The number of aromatic nitrogens is 4. The molecule has 6 nitrogen and oxygen atoms in total. The fraction of sp³-hybridized carbons (Fsp3) is 0.111. The Bertz CT molecular complexity index is 1020. The number of imidazole rings is 1. The van der Waals surface area contributed by atoms with Crippen molar-refractivity contribution >= 4 is 45.2 Å². The number of nitrogens with zero attached hydrogens (tertiary/aromatic N) is 3. The van der Waals surface area contributed by atoms with Crippen LogP contribution in [0.5, 0.6) is 0 Å². The number of thioether (sulfide) groups is 1. The van der Waals surface area contributed by atoms with E-state index in [0.29, 0.717) is 5.13 Å². The van der Waals surface area contributed by atoms with E-state index in [1.54, 1.807) is 0 Å². The number of hydrogen-bond donors (Lipinski definition) is 2. The fourth-order valence-electron chi connectivity index (χ4n) is 2.37. The van der Waals surface area contributed by atoms with Gasteiger partial charge in [-0.25, -0.2) is 4.98 Å². The van der Waals surface area contributed by atoms with E-state index in [0.717, 1.165) is 26.8 Å². The molecular weight excluding hydrogens is 366 g/mol. The van der Waals surface area contributed by atoms with Crippen LogP contribution in [0.1, 0.15) is 5.56 Å². The molecule has 2 heterocycles. The number of nitrogens with one attached hydrogen (secondary N) is 2. The minimum Gasteiger partial charge on any atom is -0.333 e. The van der Waals surface area contributed by atoms with Crippen LogP contribution in [-0.4, -0.2) is 31.8 Å². The summed E-state index contributed by atoms with van der Waals surface area (Å²) >= 11 is 2.71. The maximum atomic E-state index is 12.2. The summed E-state index contributed by atoms with van der Waals surface area (Å²) in [7, 11) is 0. The number of rotatable bonds is 5. The summed E-state index contributed by atoms with van der Waals surface area (Å²) in [5.41, 5.74) is 4.03. The summed E-state index contributed by atoms with van der Waals surface area (Å²) < 4.78 is 0. The van der Waals surface area contributed by atoms with E-state index < -0.39 is 0 Å². The first-order chi connectivity index (χ1) is 12.7. The molecule has 8 heteroatoms. The summed E-state index contributed by atoms with van der Waals surface area (Å²) in [5.74, 6) is 0.112. The Kier molecular flexibility index (Phi) is 4.68. The molecule has 4 aromatic rings. The van der Waals surface area contributed by atoms with Crippen molar-refractivity contribution in [2.24, 2.45) is 0 Å². The first-order valence-electron chi connectivity index (χ1n) is 7.95. The third kappa shape index (κ3) is 3.76. The van der Waals surface area contributed by atoms with Crippen LogP contribution in [0, 0.1) is 6.92 Å². The van der Waals surface area contributed by atoms with E-state index in [4.69, 9.17) is 0 Å². The Morgan fingerprint density at radius 2 is 1.96 bits per heavy atom. The number of carbonyl (C=O) groups excluding carboxylic acids is 1. The Balaban J connectivity index is 1.36. The van der Waals surface area contributed by atoms with Crippen LogP contribution < -0.4 is 5.32 Å². The highest BCUT2D eigenvalue weighted by Gasteiger charge is 2.11. The van der Waals surface area contributed by atoms with Gasteiger partial charge in [0, 0.05) is 5.56 Å². The summed E-state index contributed by atoms with van der Waals surface area (Å²) in [6, 6.07) is 15.8. The van der Waals surface area contributed by atoms with Gasteiger partial charge in [0.15, 0.2) is 5.16 Å². The first kappa shape index (κ1) is 16.7. The van der Waals surface area contributed by atoms with Gasteiger partial charge in [0.25, 0.3) is 0 Å². The van der Waals surface area contributed by atoms with Gasteiger partial charge in [-0.15, -0.1) is 10.2 Å². The lowest BCUT2D eigenvalue weighted by Crippen LogP contribution is -2.13. The lowest BCUT2D eigenvalue weighted by molar-refractivity contribution is -0.113. The van der Waals surface area contributed by atoms with Crippen molar-refractivity contribution < 1.29 is 4.79 Å². The molecule has 26 heavy (non-hydrogen) atoms. The second-order valence-corrected chi connectivity index (χ2v) is 7.62. The first-order valence-corrected chi connectivity index (χ1v) is 9.75. The Labute approximate surface area is 158 Å². The van der Waals surface area contributed by atoms with Gasteiger partial charge < -0.3 is 4.98 Å². The van der Waals surface area contributed by atoms with Crippen molar-refractivity contribution in [1.82, 2.24) is 20.2 Å². The number of amides is 1. The maximum Gasteiger partial charge on any atom is 0.236 e. The number of anilines is 1. The molecule has 0 saturated carbocycles. The van der Waals surface area contributed by atoms with Crippen LogP contribution in [-0.2, 0) is 4.79 Å². The summed E-state index contributed by atoms with van der Waals surface area (Å²) in [6.07, 6.45) is 0. The van der Waals surface area contributed by atoms with Crippen molar-refractivity contribution in [2.75, 3.05) is 11.1 Å². The van der Waals surface area contributed by atoms with Gasteiger partial charge in [-0.1, -0.05) is 65.1 Å². The Morgan fingerprint density at radius 3 is 2.77 bits per heavy atom. The molecular formula is C18H15N5OS2. The van der Waals surface area contributed by atoms with Gasteiger partial charge in [0.05, 0.1) is 16.8 Å². The molecule has 2 N–H and O–H groups in total. The topological polar surface area (TPSA) is 83.6 Å². The zero-order valence-corrected chi connectivity index (χ0v) is 15.5. The summed E-state index contributed by atoms with van der Waals surface area (Å²) in [6.45, 7) is 2.04. The zero-order valence-electron chi connectivity index (χ0n) is 13.9. The number of aromatic amines is 1. The number of carbonyl (C=O) groups is 1. The number of hydrogen-bond acceptors (Lipinski definition) is 6. The van der Waals surface area contributed by atoms with E-state index >= 15 is 0 Å². The molecule has 130 valence electrons. The quantitative estimate of drug-likeness (QED) is 0.508. The SMILES string of the molecule is Cc1ccc(-c2nnc(NC(=O)CSc3nc4ccccc4[nH]3)s2)cc1. The average Bonchev–Trinajstić information content (AvgIpc) is 3.27. The molecule has 4 rings (SSSR count). The molecule has 0 bridgehead atoms. The number of benzene rings is 2. The van der Waals surface area contributed by atoms with E-state index in [2.05, 4.69) is 25.5 Å². The molecule has 0 aliphatic rings. The third-order valence-corrected chi connectivity index (χ3v) is 5.44. The third-order valence-electron chi connectivity index (χ3n) is 3.68. The molecule has 0 aliphatic carbocycles. The van der Waals surface area contributed by atoms with Gasteiger partial charge in [0.2, 0.25) is 11.0 Å². The largest absolute Gasteiger partial charge is 0.333 e. The lowest BCUT2D eigenvalue weighted by atomic mass is 10.2. The molecule has 0 unspecified atom stereocenters. The molecule has 0 radical (unpaired) electrons. The van der Waals surface area contributed by atoms with Crippen molar-refractivity contribution in [3.05, 3.63) is 54.1 Å². The smallest absolute Gasteiger partial charge is 0.236 e. The molecule has 0 atom stereocenters. The Hall–Kier alpha value is -2.71. The van der Waals surface area contributed by atoms with Crippen LogP contribution in [0.3, 0.4) is 0 Å². The van der Waals surface area contributed by atoms with Crippen LogP contribution in [0.25, 0.3) is 21.6 Å². The van der Waals surface area contributed by atoms with Gasteiger partial charge in [-0.3, -0.25) is 10.1 Å². The van der Waals surface area contributed by atoms with E-state index in [9.17, 15) is 4.79 Å². The second kappa shape index (κ2) is 7.27. The minimum atomic E-state index is -0.137. The number of H-pyrrole nitrogens is 1. The van der Waals surface area contributed by atoms with E-state index in [1.165, 1.54) is 28.7 Å². The molecule has 0 spiro atoms.